The maximum Gasteiger partial charge on any atom is 0.123 e. The molecule has 1 N–H and O–H groups in total. The molecule has 0 amide bonds. The van der Waals surface area contributed by atoms with Crippen LogP contribution in [0, 0.1) is 12.7 Å². The fraction of sp³-hybridized carbons (Fsp3) is 0.286. The molecule has 0 spiro atoms. The van der Waals surface area contributed by atoms with Gasteiger partial charge in [-0.3, -0.25) is 0 Å². The van der Waals surface area contributed by atoms with E-state index in [1.54, 1.807) is 17.4 Å². The summed E-state index contributed by atoms with van der Waals surface area (Å²) in [6, 6.07) is 8.58. The molecule has 0 aliphatic heterocycles. The van der Waals surface area contributed by atoms with E-state index in [9.17, 15) is 4.39 Å². The van der Waals surface area contributed by atoms with Crippen molar-refractivity contribution in [3.8, 4) is 0 Å². The molecule has 1 aromatic heterocycles. The van der Waals surface area contributed by atoms with E-state index in [0.29, 0.717) is 5.02 Å². The topological polar surface area (TPSA) is 12.0 Å². The van der Waals surface area contributed by atoms with Crippen LogP contribution in [-0.2, 0) is 0 Å². The standard InChI is InChI=1S/C14H15ClFNS/c1-3-17-14(13-7-4-9(2)18-13)11-8-10(16)5-6-12(11)15/h4-8,14,17H,3H2,1-2H3. The SMILES string of the molecule is CCNC(c1ccc(C)s1)c1cc(F)ccc1Cl. The second kappa shape index (κ2) is 5.83. The van der Waals surface area contributed by atoms with Crippen LogP contribution in [0.3, 0.4) is 0 Å². The van der Waals surface area contributed by atoms with Gasteiger partial charge >= 0.3 is 0 Å². The van der Waals surface area contributed by atoms with Crippen molar-refractivity contribution >= 4 is 22.9 Å². The van der Waals surface area contributed by atoms with Crippen LogP contribution in [0.2, 0.25) is 5.02 Å². The molecule has 0 aliphatic carbocycles. The average molecular weight is 284 g/mol. The molecule has 1 nitrogen and oxygen atoms in total. The lowest BCUT2D eigenvalue weighted by molar-refractivity contribution is 0.607. The zero-order valence-corrected chi connectivity index (χ0v) is 11.9. The summed E-state index contributed by atoms with van der Waals surface area (Å²) in [5.41, 5.74) is 0.792. The number of thiophene rings is 1. The van der Waals surface area contributed by atoms with Crippen molar-refractivity contribution in [2.24, 2.45) is 0 Å². The number of nitrogens with one attached hydrogen (secondary N) is 1. The van der Waals surface area contributed by atoms with Gasteiger partial charge in [-0.15, -0.1) is 11.3 Å². The molecule has 2 aromatic rings. The third kappa shape index (κ3) is 2.91. The fourth-order valence-electron chi connectivity index (χ4n) is 1.91. The largest absolute Gasteiger partial charge is 0.306 e. The first-order valence-electron chi connectivity index (χ1n) is 5.86. The van der Waals surface area contributed by atoms with Gasteiger partial charge in [0.05, 0.1) is 6.04 Å². The second-order valence-corrected chi connectivity index (χ2v) is 5.83. The molecule has 0 saturated carbocycles. The lowest BCUT2D eigenvalue weighted by atomic mass is 10.0. The van der Waals surface area contributed by atoms with Crippen molar-refractivity contribution in [2.75, 3.05) is 6.54 Å². The predicted octanol–water partition coefficient (Wildman–Crippen LogP) is 4.55. The number of rotatable bonds is 4. The van der Waals surface area contributed by atoms with Crippen LogP contribution in [0.15, 0.2) is 30.3 Å². The molecule has 1 aromatic carbocycles. The maximum absolute atomic E-state index is 13.4. The molecule has 0 fully saturated rings. The molecule has 1 heterocycles. The lowest BCUT2D eigenvalue weighted by Crippen LogP contribution is -2.21. The van der Waals surface area contributed by atoms with Crippen molar-refractivity contribution in [3.63, 3.8) is 0 Å². The summed E-state index contributed by atoms with van der Waals surface area (Å²) in [7, 11) is 0. The Balaban J connectivity index is 2.44. The number of hydrogen-bond donors (Lipinski definition) is 1. The minimum atomic E-state index is -0.259. The van der Waals surface area contributed by atoms with Crippen LogP contribution < -0.4 is 5.32 Å². The lowest BCUT2D eigenvalue weighted by Gasteiger charge is -2.18. The van der Waals surface area contributed by atoms with Crippen molar-refractivity contribution in [1.29, 1.82) is 0 Å². The van der Waals surface area contributed by atoms with Gasteiger partial charge in [0.1, 0.15) is 5.82 Å². The minimum absolute atomic E-state index is 0.0445. The Morgan fingerprint density at radius 2 is 2.11 bits per heavy atom. The van der Waals surface area contributed by atoms with Crippen molar-refractivity contribution in [2.45, 2.75) is 19.9 Å². The van der Waals surface area contributed by atoms with Crippen LogP contribution in [0.25, 0.3) is 0 Å². The molecule has 1 unspecified atom stereocenters. The van der Waals surface area contributed by atoms with E-state index < -0.39 is 0 Å². The molecule has 1 atom stereocenters. The molecule has 4 heteroatoms. The van der Waals surface area contributed by atoms with Gasteiger partial charge in [0.25, 0.3) is 0 Å². The molecule has 2 rings (SSSR count). The quantitative estimate of drug-likeness (QED) is 0.868. The molecule has 96 valence electrons. The first-order chi connectivity index (χ1) is 8.61. The zero-order valence-electron chi connectivity index (χ0n) is 10.3. The average Bonchev–Trinajstić information content (AvgIpc) is 2.76. The molecule has 0 bridgehead atoms. The van der Waals surface area contributed by atoms with E-state index in [-0.39, 0.29) is 11.9 Å². The summed E-state index contributed by atoms with van der Waals surface area (Å²) in [6.45, 7) is 4.89. The van der Waals surface area contributed by atoms with Crippen molar-refractivity contribution in [3.05, 3.63) is 56.5 Å². The van der Waals surface area contributed by atoms with Gasteiger partial charge in [-0.05, 0) is 49.4 Å². The van der Waals surface area contributed by atoms with Crippen LogP contribution in [-0.4, -0.2) is 6.54 Å². The van der Waals surface area contributed by atoms with Gasteiger partial charge in [0.2, 0.25) is 0 Å². The molecule has 0 saturated heterocycles. The highest BCUT2D eigenvalue weighted by atomic mass is 35.5. The van der Waals surface area contributed by atoms with E-state index >= 15 is 0 Å². The highest BCUT2D eigenvalue weighted by Crippen LogP contribution is 2.32. The van der Waals surface area contributed by atoms with Crippen LogP contribution in [0.4, 0.5) is 4.39 Å². The molecular formula is C14H15ClFNS. The fourth-order valence-corrected chi connectivity index (χ4v) is 3.11. The Morgan fingerprint density at radius 1 is 1.33 bits per heavy atom. The number of aryl methyl sites for hydroxylation is 1. The highest BCUT2D eigenvalue weighted by Gasteiger charge is 2.18. The Labute approximate surface area is 116 Å². The third-order valence-corrected chi connectivity index (χ3v) is 4.13. The third-order valence-electron chi connectivity index (χ3n) is 2.72. The first-order valence-corrected chi connectivity index (χ1v) is 7.06. The van der Waals surface area contributed by atoms with Gasteiger partial charge in [-0.2, -0.15) is 0 Å². The Morgan fingerprint density at radius 3 is 2.72 bits per heavy atom. The van der Waals surface area contributed by atoms with Gasteiger partial charge in [0, 0.05) is 14.8 Å². The highest BCUT2D eigenvalue weighted by molar-refractivity contribution is 7.12. The normalized spacial score (nSPS) is 12.7. The molecular weight excluding hydrogens is 269 g/mol. The van der Waals surface area contributed by atoms with Crippen molar-refractivity contribution in [1.82, 2.24) is 5.32 Å². The molecule has 0 aliphatic rings. The van der Waals surface area contributed by atoms with Crippen LogP contribution in [0.1, 0.15) is 28.3 Å². The van der Waals surface area contributed by atoms with Crippen LogP contribution >= 0.6 is 22.9 Å². The van der Waals surface area contributed by atoms with Gasteiger partial charge in [-0.25, -0.2) is 4.39 Å². The second-order valence-electron chi connectivity index (χ2n) is 4.10. The first kappa shape index (κ1) is 13.5. The van der Waals surface area contributed by atoms with E-state index in [0.717, 1.165) is 17.0 Å². The zero-order chi connectivity index (χ0) is 13.1. The number of halogens is 2. The summed E-state index contributed by atoms with van der Waals surface area (Å²) in [6.07, 6.45) is 0. The van der Waals surface area contributed by atoms with Crippen LogP contribution in [0.5, 0.6) is 0 Å². The van der Waals surface area contributed by atoms with Gasteiger partial charge < -0.3 is 5.32 Å². The predicted molar refractivity (Wildman–Crippen MR) is 76.0 cm³/mol. The summed E-state index contributed by atoms with van der Waals surface area (Å²) in [4.78, 5) is 2.39. The van der Waals surface area contributed by atoms with Gasteiger partial charge in [0.15, 0.2) is 0 Å². The summed E-state index contributed by atoms with van der Waals surface area (Å²) in [5, 5.41) is 3.95. The van der Waals surface area contributed by atoms with E-state index in [1.165, 1.54) is 17.0 Å². The smallest absolute Gasteiger partial charge is 0.123 e. The summed E-state index contributed by atoms with van der Waals surface area (Å²) < 4.78 is 13.4. The monoisotopic (exact) mass is 283 g/mol. The Bertz CT molecular complexity index is 538. The van der Waals surface area contributed by atoms with E-state index in [1.807, 2.05) is 6.92 Å². The number of hydrogen-bond acceptors (Lipinski definition) is 2. The summed E-state index contributed by atoms with van der Waals surface area (Å²) in [5.74, 6) is -0.259. The molecule has 18 heavy (non-hydrogen) atoms. The maximum atomic E-state index is 13.4. The minimum Gasteiger partial charge on any atom is -0.306 e. The number of benzene rings is 1. The summed E-state index contributed by atoms with van der Waals surface area (Å²) >= 11 is 7.88. The van der Waals surface area contributed by atoms with E-state index in [4.69, 9.17) is 11.6 Å². The van der Waals surface area contributed by atoms with E-state index in [2.05, 4.69) is 24.4 Å². The Hall–Kier alpha value is -0.900. The Kier molecular flexibility index (Phi) is 4.38. The van der Waals surface area contributed by atoms with Gasteiger partial charge in [-0.1, -0.05) is 18.5 Å². The molecule has 0 radical (unpaired) electrons. The van der Waals surface area contributed by atoms with Crippen molar-refractivity contribution < 1.29 is 4.39 Å².